The van der Waals surface area contributed by atoms with Gasteiger partial charge >= 0.3 is 0 Å². The molecule has 0 atom stereocenters. The van der Waals surface area contributed by atoms with E-state index in [2.05, 4.69) is 16.5 Å². The molecule has 0 fully saturated rings. The van der Waals surface area contributed by atoms with Crippen molar-refractivity contribution in [2.75, 3.05) is 0 Å². The highest BCUT2D eigenvalue weighted by atomic mass is 16.1. The number of nitrogens with zero attached hydrogens (tertiary/aromatic N) is 3. The number of carbonyl (C=O) groups is 1. The summed E-state index contributed by atoms with van der Waals surface area (Å²) in [5, 5.41) is 0. The van der Waals surface area contributed by atoms with Gasteiger partial charge in [-0.2, -0.15) is 0 Å². The molecule has 0 spiro atoms. The van der Waals surface area contributed by atoms with Crippen LogP contribution in [0.15, 0.2) is 30.9 Å². The SMILES string of the molecule is CCn1ccnc1Cn1ccc(C(=O)C(C)C)c1. The van der Waals surface area contributed by atoms with Crippen molar-refractivity contribution < 1.29 is 4.79 Å². The molecule has 0 amide bonds. The Balaban J connectivity index is 2.14. The Labute approximate surface area is 107 Å². The van der Waals surface area contributed by atoms with E-state index in [1.807, 2.05) is 49.3 Å². The Morgan fingerprint density at radius 2 is 2.17 bits per heavy atom. The van der Waals surface area contributed by atoms with Crippen LogP contribution in [0.25, 0.3) is 0 Å². The van der Waals surface area contributed by atoms with E-state index in [0.29, 0.717) is 6.54 Å². The molecule has 0 aliphatic heterocycles. The summed E-state index contributed by atoms with van der Waals surface area (Å²) in [7, 11) is 0. The van der Waals surface area contributed by atoms with Gasteiger partial charge in [-0.15, -0.1) is 0 Å². The Kier molecular flexibility index (Phi) is 3.65. The first-order chi connectivity index (χ1) is 8.61. The van der Waals surface area contributed by atoms with Crippen LogP contribution in [0.4, 0.5) is 0 Å². The first-order valence-corrected chi connectivity index (χ1v) is 6.31. The number of imidazole rings is 1. The third-order valence-corrected chi connectivity index (χ3v) is 3.03. The van der Waals surface area contributed by atoms with Crippen molar-refractivity contribution in [2.45, 2.75) is 33.9 Å². The summed E-state index contributed by atoms with van der Waals surface area (Å²) >= 11 is 0. The van der Waals surface area contributed by atoms with Crippen LogP contribution >= 0.6 is 0 Å². The number of Topliss-reactive ketones (excluding diaryl/α,β-unsaturated/α-hetero) is 1. The van der Waals surface area contributed by atoms with Gasteiger partial charge in [0.05, 0.1) is 6.54 Å². The molecule has 0 N–H and O–H groups in total. The number of aromatic nitrogens is 3. The molecule has 2 heterocycles. The Morgan fingerprint density at radius 1 is 1.39 bits per heavy atom. The molecule has 4 nitrogen and oxygen atoms in total. The number of hydrogen-bond acceptors (Lipinski definition) is 2. The van der Waals surface area contributed by atoms with Crippen LogP contribution in [0.3, 0.4) is 0 Å². The first kappa shape index (κ1) is 12.6. The zero-order valence-corrected chi connectivity index (χ0v) is 11.1. The normalized spacial score (nSPS) is 11.1. The highest BCUT2D eigenvalue weighted by Crippen LogP contribution is 2.10. The van der Waals surface area contributed by atoms with Gasteiger partial charge in [0.15, 0.2) is 5.78 Å². The summed E-state index contributed by atoms with van der Waals surface area (Å²) in [6.07, 6.45) is 7.61. The van der Waals surface area contributed by atoms with Crippen molar-refractivity contribution in [2.24, 2.45) is 5.92 Å². The molecule has 18 heavy (non-hydrogen) atoms. The van der Waals surface area contributed by atoms with Gasteiger partial charge in [0.1, 0.15) is 5.82 Å². The van der Waals surface area contributed by atoms with Gasteiger partial charge in [0.25, 0.3) is 0 Å². The highest BCUT2D eigenvalue weighted by molar-refractivity contribution is 5.97. The van der Waals surface area contributed by atoms with Crippen molar-refractivity contribution in [3.05, 3.63) is 42.2 Å². The van der Waals surface area contributed by atoms with Gasteiger partial charge in [-0.25, -0.2) is 4.98 Å². The molecule has 0 bridgehead atoms. The van der Waals surface area contributed by atoms with E-state index >= 15 is 0 Å². The lowest BCUT2D eigenvalue weighted by atomic mass is 10.0. The molecule has 2 rings (SSSR count). The van der Waals surface area contributed by atoms with Crippen molar-refractivity contribution in [1.29, 1.82) is 0 Å². The van der Waals surface area contributed by atoms with Gasteiger partial charge in [0, 0.05) is 42.8 Å². The van der Waals surface area contributed by atoms with Crippen molar-refractivity contribution in [3.8, 4) is 0 Å². The maximum atomic E-state index is 11.8. The average Bonchev–Trinajstić information content (AvgIpc) is 2.97. The zero-order chi connectivity index (χ0) is 13.1. The summed E-state index contributed by atoms with van der Waals surface area (Å²) in [6, 6.07) is 1.88. The quantitative estimate of drug-likeness (QED) is 0.760. The minimum absolute atomic E-state index is 0.0403. The molecule has 0 aromatic carbocycles. The number of aryl methyl sites for hydroxylation is 1. The van der Waals surface area contributed by atoms with Crippen LogP contribution < -0.4 is 0 Å². The van der Waals surface area contributed by atoms with E-state index in [1.54, 1.807) is 0 Å². The molecular formula is C14H19N3O. The lowest BCUT2D eigenvalue weighted by Crippen LogP contribution is -2.08. The van der Waals surface area contributed by atoms with Gasteiger partial charge in [-0.3, -0.25) is 4.79 Å². The van der Waals surface area contributed by atoms with Crippen molar-refractivity contribution in [1.82, 2.24) is 14.1 Å². The molecule has 0 unspecified atom stereocenters. The largest absolute Gasteiger partial charge is 0.346 e. The number of hydrogen-bond donors (Lipinski definition) is 0. The summed E-state index contributed by atoms with van der Waals surface area (Å²) < 4.78 is 4.11. The van der Waals surface area contributed by atoms with Crippen LogP contribution in [0.5, 0.6) is 0 Å². The third kappa shape index (κ3) is 2.53. The van der Waals surface area contributed by atoms with Crippen molar-refractivity contribution >= 4 is 5.78 Å². The van der Waals surface area contributed by atoms with Gasteiger partial charge in [-0.1, -0.05) is 13.8 Å². The lowest BCUT2D eigenvalue weighted by molar-refractivity contribution is 0.0939. The Hall–Kier alpha value is -1.84. The summed E-state index contributed by atoms with van der Waals surface area (Å²) in [5.41, 5.74) is 0.777. The molecule has 0 aliphatic carbocycles. The highest BCUT2D eigenvalue weighted by Gasteiger charge is 2.12. The first-order valence-electron chi connectivity index (χ1n) is 6.31. The van der Waals surface area contributed by atoms with E-state index < -0.39 is 0 Å². The topological polar surface area (TPSA) is 39.8 Å². The van der Waals surface area contributed by atoms with Crippen LogP contribution in [0.2, 0.25) is 0 Å². The Bertz CT molecular complexity index is 537. The fraction of sp³-hybridized carbons (Fsp3) is 0.429. The molecule has 0 radical (unpaired) electrons. The molecule has 2 aromatic heterocycles. The van der Waals surface area contributed by atoms with Gasteiger partial charge in [-0.05, 0) is 13.0 Å². The zero-order valence-electron chi connectivity index (χ0n) is 11.1. The second kappa shape index (κ2) is 5.21. The van der Waals surface area contributed by atoms with Gasteiger partial charge in [0.2, 0.25) is 0 Å². The molecule has 0 saturated heterocycles. The molecule has 96 valence electrons. The van der Waals surface area contributed by atoms with Crippen LogP contribution in [0.1, 0.15) is 37.0 Å². The fourth-order valence-corrected chi connectivity index (χ4v) is 1.96. The predicted octanol–water partition coefficient (Wildman–Crippen LogP) is 2.59. The molecular weight excluding hydrogens is 226 g/mol. The van der Waals surface area contributed by atoms with E-state index in [1.165, 1.54) is 0 Å². The second-order valence-corrected chi connectivity index (χ2v) is 4.72. The summed E-state index contributed by atoms with van der Waals surface area (Å²) in [4.78, 5) is 16.2. The minimum Gasteiger partial charge on any atom is -0.346 e. The smallest absolute Gasteiger partial charge is 0.166 e. The standard InChI is InChI=1S/C14H19N3O/c1-4-17-8-6-15-13(17)10-16-7-5-12(9-16)14(18)11(2)3/h5-9,11H,4,10H2,1-3H3. The average molecular weight is 245 g/mol. The molecule has 2 aromatic rings. The van der Waals surface area contributed by atoms with Gasteiger partial charge < -0.3 is 9.13 Å². The molecule has 0 saturated carbocycles. The lowest BCUT2D eigenvalue weighted by Gasteiger charge is -2.05. The third-order valence-electron chi connectivity index (χ3n) is 3.03. The predicted molar refractivity (Wildman–Crippen MR) is 70.6 cm³/mol. The van der Waals surface area contributed by atoms with E-state index in [4.69, 9.17) is 0 Å². The van der Waals surface area contributed by atoms with Crippen LogP contribution in [0, 0.1) is 5.92 Å². The number of ketones is 1. The van der Waals surface area contributed by atoms with Crippen LogP contribution in [-0.2, 0) is 13.1 Å². The van der Waals surface area contributed by atoms with Crippen molar-refractivity contribution in [3.63, 3.8) is 0 Å². The maximum absolute atomic E-state index is 11.8. The summed E-state index contributed by atoms with van der Waals surface area (Å²) in [6.45, 7) is 7.54. The van der Waals surface area contributed by atoms with Crippen LogP contribution in [-0.4, -0.2) is 19.9 Å². The van der Waals surface area contributed by atoms with E-state index in [9.17, 15) is 4.79 Å². The fourth-order valence-electron chi connectivity index (χ4n) is 1.96. The number of rotatable bonds is 5. The maximum Gasteiger partial charge on any atom is 0.166 e. The van der Waals surface area contributed by atoms with E-state index in [0.717, 1.165) is 17.9 Å². The number of carbonyl (C=O) groups excluding carboxylic acids is 1. The minimum atomic E-state index is 0.0403. The molecule has 0 aliphatic rings. The molecule has 4 heteroatoms. The monoisotopic (exact) mass is 245 g/mol. The van der Waals surface area contributed by atoms with E-state index in [-0.39, 0.29) is 11.7 Å². The summed E-state index contributed by atoms with van der Waals surface area (Å²) in [5.74, 6) is 1.24. The Morgan fingerprint density at radius 3 is 2.83 bits per heavy atom. The second-order valence-electron chi connectivity index (χ2n) is 4.72.